The minimum Gasteiger partial charge on any atom is -0.489 e. The smallest absolute Gasteiger partial charge is 0.389 e. The molecule has 0 amide bonds. The molecule has 0 bridgehead atoms. The van der Waals surface area contributed by atoms with E-state index in [0.717, 1.165) is 11.8 Å². The second-order valence-corrected chi connectivity index (χ2v) is 8.20. The van der Waals surface area contributed by atoms with Crippen molar-refractivity contribution in [3.05, 3.63) is 39.9 Å². The maximum atomic E-state index is 13.2. The highest BCUT2D eigenvalue weighted by atomic mass is 35.5. The second kappa shape index (κ2) is 8.89. The third-order valence-corrected chi connectivity index (χ3v) is 5.35. The summed E-state index contributed by atoms with van der Waals surface area (Å²) < 4.78 is 46.6. The average molecular weight is 461 g/mol. The molecule has 11 heteroatoms. The first-order valence-corrected chi connectivity index (χ1v) is 10.6. The number of nitrogens with zero attached hydrogens (tertiary/aromatic N) is 4. The number of benzene rings is 1. The molecule has 2 aromatic heterocycles. The predicted molar refractivity (Wildman–Crippen MR) is 111 cm³/mol. The van der Waals surface area contributed by atoms with E-state index in [1.165, 1.54) is 10.9 Å². The Kier molecular flexibility index (Phi) is 6.66. The SMILES string of the molecule is CCn1cnc2c(=O)n(-c3ccc(Cl)c(OC(C)C)c3)c(SCCC(F)(F)F)nc21. The molecule has 2 heterocycles. The highest BCUT2D eigenvalue weighted by Gasteiger charge is 2.27. The van der Waals surface area contributed by atoms with Crippen LogP contribution in [0.5, 0.6) is 5.75 Å². The summed E-state index contributed by atoms with van der Waals surface area (Å²) in [6.45, 7) is 6.05. The molecule has 0 unspecified atom stereocenters. The van der Waals surface area contributed by atoms with Gasteiger partial charge in [-0.2, -0.15) is 13.2 Å². The number of ether oxygens (including phenoxy) is 1. The summed E-state index contributed by atoms with van der Waals surface area (Å²) >= 11 is 7.05. The Labute approximate surface area is 180 Å². The molecule has 1 aromatic carbocycles. The van der Waals surface area contributed by atoms with Gasteiger partial charge in [-0.15, -0.1) is 0 Å². The van der Waals surface area contributed by atoms with E-state index in [9.17, 15) is 18.0 Å². The number of hydrogen-bond acceptors (Lipinski definition) is 5. The summed E-state index contributed by atoms with van der Waals surface area (Å²) in [7, 11) is 0. The van der Waals surface area contributed by atoms with Crippen LogP contribution in [-0.4, -0.2) is 37.1 Å². The number of thioether (sulfide) groups is 1. The number of imidazole rings is 1. The van der Waals surface area contributed by atoms with Crippen LogP contribution in [0.2, 0.25) is 5.02 Å². The van der Waals surface area contributed by atoms with Crippen molar-refractivity contribution in [3.8, 4) is 11.4 Å². The van der Waals surface area contributed by atoms with Gasteiger partial charge in [-0.1, -0.05) is 23.4 Å². The van der Waals surface area contributed by atoms with Crippen LogP contribution in [-0.2, 0) is 6.54 Å². The zero-order valence-electron chi connectivity index (χ0n) is 16.5. The van der Waals surface area contributed by atoms with Gasteiger partial charge in [0.25, 0.3) is 5.56 Å². The summed E-state index contributed by atoms with van der Waals surface area (Å²) in [4.78, 5) is 21.8. The Balaban J connectivity index is 2.15. The molecule has 3 aromatic rings. The van der Waals surface area contributed by atoms with Crippen LogP contribution in [0.25, 0.3) is 16.9 Å². The number of fused-ring (bicyclic) bond motifs is 1. The molecule has 0 fully saturated rings. The van der Waals surface area contributed by atoms with E-state index in [1.807, 2.05) is 20.8 Å². The summed E-state index contributed by atoms with van der Waals surface area (Å²) in [5.41, 5.74) is 0.383. The van der Waals surface area contributed by atoms with Gasteiger partial charge < -0.3 is 9.30 Å². The molecule has 0 aliphatic carbocycles. The molecular weight excluding hydrogens is 441 g/mol. The van der Waals surface area contributed by atoms with Crippen molar-refractivity contribution >= 4 is 34.5 Å². The third kappa shape index (κ3) is 4.92. The minimum atomic E-state index is -4.30. The maximum absolute atomic E-state index is 13.2. The lowest BCUT2D eigenvalue weighted by Crippen LogP contribution is -2.23. The molecule has 0 saturated carbocycles. The molecule has 0 aliphatic rings. The third-order valence-electron chi connectivity index (χ3n) is 4.10. The first-order valence-electron chi connectivity index (χ1n) is 9.24. The Morgan fingerprint density at radius 3 is 2.67 bits per heavy atom. The monoisotopic (exact) mass is 460 g/mol. The summed E-state index contributed by atoms with van der Waals surface area (Å²) in [6.07, 6.45) is -3.97. The van der Waals surface area contributed by atoms with Gasteiger partial charge in [0.15, 0.2) is 16.3 Å². The van der Waals surface area contributed by atoms with Crippen molar-refractivity contribution in [1.82, 2.24) is 19.1 Å². The lowest BCUT2D eigenvalue weighted by atomic mass is 10.3. The Hall–Kier alpha value is -2.20. The summed E-state index contributed by atoms with van der Waals surface area (Å²) in [5, 5.41) is 0.501. The average Bonchev–Trinajstić information content (AvgIpc) is 3.06. The van der Waals surface area contributed by atoms with Crippen molar-refractivity contribution in [2.75, 3.05) is 5.75 Å². The molecule has 0 radical (unpaired) electrons. The molecule has 0 atom stereocenters. The van der Waals surface area contributed by atoms with Gasteiger partial charge in [-0.3, -0.25) is 9.36 Å². The van der Waals surface area contributed by atoms with E-state index in [0.29, 0.717) is 28.7 Å². The largest absolute Gasteiger partial charge is 0.489 e. The first kappa shape index (κ1) is 22.5. The fourth-order valence-electron chi connectivity index (χ4n) is 2.77. The predicted octanol–water partition coefficient (Wildman–Crippen LogP) is 5.09. The van der Waals surface area contributed by atoms with E-state index in [1.54, 1.807) is 22.8 Å². The van der Waals surface area contributed by atoms with Gasteiger partial charge in [0.05, 0.1) is 29.6 Å². The number of aromatic nitrogens is 4. The van der Waals surface area contributed by atoms with Crippen LogP contribution in [0.15, 0.2) is 34.5 Å². The first-order chi connectivity index (χ1) is 14.1. The zero-order chi connectivity index (χ0) is 22.1. The number of halogens is 4. The molecule has 0 aliphatic heterocycles. The normalized spacial score (nSPS) is 12.1. The molecule has 162 valence electrons. The molecule has 30 heavy (non-hydrogen) atoms. The fraction of sp³-hybridized carbons (Fsp3) is 0.421. The van der Waals surface area contributed by atoms with Gasteiger partial charge in [0, 0.05) is 18.4 Å². The highest BCUT2D eigenvalue weighted by molar-refractivity contribution is 7.99. The van der Waals surface area contributed by atoms with Crippen molar-refractivity contribution in [2.45, 2.75) is 51.2 Å². The van der Waals surface area contributed by atoms with Crippen LogP contribution in [0, 0.1) is 0 Å². The van der Waals surface area contributed by atoms with Gasteiger partial charge in [-0.25, -0.2) is 9.97 Å². The molecule has 3 rings (SSSR count). The van der Waals surface area contributed by atoms with Crippen LogP contribution in [0.1, 0.15) is 27.2 Å². The quantitative estimate of drug-likeness (QED) is 0.363. The molecule has 0 saturated heterocycles. The van der Waals surface area contributed by atoms with Gasteiger partial charge in [-0.05, 0) is 32.9 Å². The number of aryl methyl sites for hydroxylation is 1. The minimum absolute atomic E-state index is 0.137. The Bertz CT molecular complexity index is 1110. The van der Waals surface area contributed by atoms with Crippen molar-refractivity contribution in [3.63, 3.8) is 0 Å². The highest BCUT2D eigenvalue weighted by Crippen LogP contribution is 2.31. The van der Waals surface area contributed by atoms with Crippen LogP contribution < -0.4 is 10.3 Å². The van der Waals surface area contributed by atoms with E-state index >= 15 is 0 Å². The second-order valence-electron chi connectivity index (χ2n) is 6.73. The van der Waals surface area contributed by atoms with Crippen LogP contribution in [0.3, 0.4) is 0 Å². The molecule has 0 N–H and O–H groups in total. The Morgan fingerprint density at radius 1 is 1.30 bits per heavy atom. The number of hydrogen-bond donors (Lipinski definition) is 0. The van der Waals surface area contributed by atoms with Crippen LogP contribution in [0.4, 0.5) is 13.2 Å². The van der Waals surface area contributed by atoms with Crippen molar-refractivity contribution in [2.24, 2.45) is 0 Å². The fourth-order valence-corrected chi connectivity index (χ4v) is 3.91. The van der Waals surface area contributed by atoms with E-state index in [4.69, 9.17) is 16.3 Å². The lowest BCUT2D eigenvalue weighted by Gasteiger charge is -2.16. The summed E-state index contributed by atoms with van der Waals surface area (Å²) in [6, 6.07) is 4.73. The van der Waals surface area contributed by atoms with Gasteiger partial charge in [0.1, 0.15) is 5.75 Å². The molecule has 0 spiro atoms. The lowest BCUT2D eigenvalue weighted by molar-refractivity contribution is -0.129. The standard InChI is InChI=1S/C19H20ClF3N4O2S/c1-4-26-10-24-15-16(26)25-18(30-8-7-19(21,22)23)27(17(15)28)12-5-6-13(20)14(9-12)29-11(2)3/h5-6,9-11H,4,7-8H2,1-3H3. The topological polar surface area (TPSA) is 61.9 Å². The molecular formula is C19H20ClF3N4O2S. The number of alkyl halides is 3. The molecule has 6 nitrogen and oxygen atoms in total. The van der Waals surface area contributed by atoms with Crippen molar-refractivity contribution < 1.29 is 17.9 Å². The number of rotatable bonds is 7. The van der Waals surface area contributed by atoms with Crippen LogP contribution >= 0.6 is 23.4 Å². The summed E-state index contributed by atoms with van der Waals surface area (Å²) in [5.74, 6) is 0.0893. The maximum Gasteiger partial charge on any atom is 0.389 e. The zero-order valence-corrected chi connectivity index (χ0v) is 18.1. The van der Waals surface area contributed by atoms with Crippen molar-refractivity contribution in [1.29, 1.82) is 0 Å². The van der Waals surface area contributed by atoms with E-state index in [-0.39, 0.29) is 22.5 Å². The van der Waals surface area contributed by atoms with E-state index in [2.05, 4.69) is 9.97 Å². The van der Waals surface area contributed by atoms with Gasteiger partial charge in [0.2, 0.25) is 0 Å². The Morgan fingerprint density at radius 2 is 2.03 bits per heavy atom. The van der Waals surface area contributed by atoms with E-state index < -0.39 is 18.2 Å². The van der Waals surface area contributed by atoms with Gasteiger partial charge >= 0.3 is 6.18 Å².